The molecule has 0 aliphatic heterocycles. The van der Waals surface area contributed by atoms with Crippen LogP contribution in [0.3, 0.4) is 0 Å². The molecule has 5 aromatic heterocycles. The van der Waals surface area contributed by atoms with E-state index in [9.17, 15) is 0 Å². The molecule has 0 unspecified atom stereocenters. The van der Waals surface area contributed by atoms with Crippen LogP contribution in [0.5, 0.6) is 0 Å². The van der Waals surface area contributed by atoms with Crippen molar-refractivity contribution < 1.29 is 4.39 Å². The molecule has 1 aromatic carbocycles. The smallest absolute Gasteiger partial charge is 0.159 e. The zero-order chi connectivity index (χ0) is 23.2. The van der Waals surface area contributed by atoms with E-state index in [1.165, 1.54) is 6.07 Å². The molecule has 6 aromatic rings. The third kappa shape index (κ3) is 3.50. The Morgan fingerprint density at radius 1 is 1.06 bits per heavy atom. The Morgan fingerprint density at radius 3 is 2.79 bits per heavy atom. The third-order valence-corrected chi connectivity index (χ3v) is 6.41. The van der Waals surface area contributed by atoms with Gasteiger partial charge in [-0.25, -0.2) is 9.37 Å². The first kappa shape index (κ1) is 20.5. The molecule has 34 heavy (non-hydrogen) atoms. The predicted octanol–water partition coefficient (Wildman–Crippen LogP) is 6.25. The zero-order valence-corrected chi connectivity index (χ0v) is 19.2. The summed E-state index contributed by atoms with van der Waals surface area (Å²) in [6.45, 7) is 4.09. The number of aromatic amines is 2. The maximum absolute atomic E-state index is 15.1. The Morgan fingerprint density at radius 2 is 1.97 bits per heavy atom. The third-order valence-electron chi connectivity index (χ3n) is 5.53. The van der Waals surface area contributed by atoms with E-state index in [2.05, 4.69) is 30.5 Å². The lowest BCUT2D eigenvalue weighted by atomic mass is 10.0. The normalized spacial score (nSPS) is 11.6. The Bertz CT molecular complexity index is 1630. The predicted molar refractivity (Wildman–Crippen MR) is 134 cm³/mol. The standard InChI is InChI=1S/C25H20FN7S/c1-13(2)29-15-8-14(11-27-12-15)16-9-17-20(10-18(16)26)32-33-22(17)25-30-19-5-6-28-24(23(19)31-25)21-4-3-7-34-21/h3-13,29H,1-2H3,(H,30,31)(H,32,33). The SMILES string of the molecule is CC(C)Nc1cncc(-c2cc3c(-c4nc5c(-c6cccs6)nccc5[nH]4)n[nH]c3cc2F)c1. The van der Waals surface area contributed by atoms with Crippen LogP contribution < -0.4 is 5.32 Å². The van der Waals surface area contributed by atoms with Crippen LogP contribution in [-0.4, -0.2) is 36.2 Å². The molecule has 168 valence electrons. The second-order valence-electron chi connectivity index (χ2n) is 8.33. The molecule has 0 bridgehead atoms. The molecule has 0 amide bonds. The summed E-state index contributed by atoms with van der Waals surface area (Å²) in [7, 11) is 0. The van der Waals surface area contributed by atoms with Crippen molar-refractivity contribution in [3.8, 4) is 33.2 Å². The van der Waals surface area contributed by atoms with Gasteiger partial charge in [0.15, 0.2) is 5.82 Å². The first-order valence-corrected chi connectivity index (χ1v) is 11.7. The van der Waals surface area contributed by atoms with Crippen molar-refractivity contribution in [2.45, 2.75) is 19.9 Å². The van der Waals surface area contributed by atoms with Gasteiger partial charge in [0.1, 0.15) is 22.7 Å². The molecule has 7 nitrogen and oxygen atoms in total. The van der Waals surface area contributed by atoms with Crippen molar-refractivity contribution >= 4 is 39.0 Å². The number of pyridine rings is 2. The lowest BCUT2D eigenvalue weighted by molar-refractivity contribution is 0.632. The number of hydrogen-bond donors (Lipinski definition) is 3. The van der Waals surface area contributed by atoms with Crippen LogP contribution >= 0.6 is 11.3 Å². The monoisotopic (exact) mass is 469 g/mol. The van der Waals surface area contributed by atoms with Crippen molar-refractivity contribution in [3.05, 3.63) is 66.2 Å². The highest BCUT2D eigenvalue weighted by atomic mass is 32.1. The molecule has 6 rings (SSSR count). The van der Waals surface area contributed by atoms with Gasteiger partial charge < -0.3 is 10.3 Å². The fraction of sp³-hybridized carbons (Fsp3) is 0.120. The molecule has 3 N–H and O–H groups in total. The largest absolute Gasteiger partial charge is 0.382 e. The van der Waals surface area contributed by atoms with Gasteiger partial charge in [-0.2, -0.15) is 5.10 Å². The average Bonchev–Trinajstić information content (AvgIpc) is 3.57. The van der Waals surface area contributed by atoms with Crippen LogP contribution in [0.1, 0.15) is 13.8 Å². The van der Waals surface area contributed by atoms with Crippen LogP contribution in [0.2, 0.25) is 0 Å². The van der Waals surface area contributed by atoms with E-state index in [4.69, 9.17) is 4.98 Å². The minimum absolute atomic E-state index is 0.242. The molecular weight excluding hydrogens is 449 g/mol. The second kappa shape index (κ2) is 8.03. The number of aromatic nitrogens is 6. The van der Waals surface area contributed by atoms with Crippen LogP contribution in [0, 0.1) is 5.82 Å². The lowest BCUT2D eigenvalue weighted by Crippen LogP contribution is -2.09. The van der Waals surface area contributed by atoms with Gasteiger partial charge >= 0.3 is 0 Å². The fourth-order valence-corrected chi connectivity index (χ4v) is 4.80. The maximum Gasteiger partial charge on any atom is 0.159 e. The Labute approximate surface area is 198 Å². The average molecular weight is 470 g/mol. The number of hydrogen-bond acceptors (Lipinski definition) is 6. The van der Waals surface area contributed by atoms with Gasteiger partial charge in [-0.3, -0.25) is 15.1 Å². The molecule has 0 radical (unpaired) electrons. The number of H-pyrrole nitrogens is 2. The van der Waals surface area contributed by atoms with Crippen LogP contribution in [-0.2, 0) is 0 Å². The van der Waals surface area contributed by atoms with E-state index in [0.717, 1.165) is 32.7 Å². The Balaban J connectivity index is 1.48. The van der Waals surface area contributed by atoms with E-state index >= 15 is 4.39 Å². The van der Waals surface area contributed by atoms with Gasteiger partial charge in [-0.1, -0.05) is 6.07 Å². The number of anilines is 1. The van der Waals surface area contributed by atoms with E-state index < -0.39 is 0 Å². The van der Waals surface area contributed by atoms with Gasteiger partial charge in [-0.15, -0.1) is 11.3 Å². The molecule has 0 aliphatic rings. The highest BCUT2D eigenvalue weighted by Gasteiger charge is 2.18. The van der Waals surface area contributed by atoms with Gasteiger partial charge in [0, 0.05) is 47.2 Å². The summed E-state index contributed by atoms with van der Waals surface area (Å²) in [4.78, 5) is 18.0. The minimum atomic E-state index is -0.347. The van der Waals surface area contributed by atoms with Gasteiger partial charge in [0.25, 0.3) is 0 Å². The van der Waals surface area contributed by atoms with E-state index in [-0.39, 0.29) is 11.9 Å². The molecule has 9 heteroatoms. The summed E-state index contributed by atoms with van der Waals surface area (Å²) in [5, 5.41) is 13.5. The number of fused-ring (bicyclic) bond motifs is 2. The van der Waals surface area contributed by atoms with E-state index in [1.54, 1.807) is 36.0 Å². The highest BCUT2D eigenvalue weighted by molar-refractivity contribution is 7.13. The number of rotatable bonds is 5. The molecular formula is C25H20FN7S. The summed E-state index contributed by atoms with van der Waals surface area (Å²) in [6.07, 6.45) is 5.16. The number of nitrogens with zero attached hydrogens (tertiary/aromatic N) is 4. The molecule has 0 spiro atoms. The van der Waals surface area contributed by atoms with Crippen molar-refractivity contribution in [1.29, 1.82) is 0 Å². The second-order valence-corrected chi connectivity index (χ2v) is 9.28. The molecule has 0 fully saturated rings. The molecule has 0 saturated carbocycles. The van der Waals surface area contributed by atoms with Crippen molar-refractivity contribution in [3.63, 3.8) is 0 Å². The first-order chi connectivity index (χ1) is 16.6. The summed E-state index contributed by atoms with van der Waals surface area (Å²) in [5.41, 5.74) is 5.65. The van der Waals surface area contributed by atoms with Crippen molar-refractivity contribution in [2.75, 3.05) is 5.32 Å². The van der Waals surface area contributed by atoms with Gasteiger partial charge in [0.05, 0.1) is 21.6 Å². The summed E-state index contributed by atoms with van der Waals surface area (Å²) in [5.74, 6) is 0.248. The maximum atomic E-state index is 15.1. The number of halogens is 1. The quantitative estimate of drug-likeness (QED) is 0.277. The highest BCUT2D eigenvalue weighted by Crippen LogP contribution is 2.34. The lowest BCUT2D eigenvalue weighted by Gasteiger charge is -2.11. The zero-order valence-electron chi connectivity index (χ0n) is 18.4. The van der Waals surface area contributed by atoms with E-state index in [0.29, 0.717) is 28.2 Å². The number of nitrogens with one attached hydrogen (secondary N) is 3. The van der Waals surface area contributed by atoms with Gasteiger partial charge in [-0.05, 0) is 43.5 Å². The number of imidazole rings is 1. The molecule has 0 atom stereocenters. The summed E-state index contributed by atoms with van der Waals surface area (Å²) in [6, 6.07) is 11.3. The Kier molecular flexibility index (Phi) is 4.84. The van der Waals surface area contributed by atoms with Gasteiger partial charge in [0.2, 0.25) is 0 Å². The fourth-order valence-electron chi connectivity index (χ4n) is 4.08. The van der Waals surface area contributed by atoms with Crippen LogP contribution in [0.15, 0.2) is 60.4 Å². The topological polar surface area (TPSA) is 95.2 Å². The molecule has 5 heterocycles. The van der Waals surface area contributed by atoms with Crippen molar-refractivity contribution in [1.82, 2.24) is 30.1 Å². The van der Waals surface area contributed by atoms with Crippen molar-refractivity contribution in [2.24, 2.45) is 0 Å². The molecule has 0 saturated heterocycles. The number of thiophene rings is 1. The number of benzene rings is 1. The Hall–Kier alpha value is -4.11. The summed E-state index contributed by atoms with van der Waals surface area (Å²) >= 11 is 1.62. The minimum Gasteiger partial charge on any atom is -0.382 e. The first-order valence-electron chi connectivity index (χ1n) is 10.9. The van der Waals surface area contributed by atoms with E-state index in [1.807, 2.05) is 43.5 Å². The van der Waals surface area contributed by atoms with Crippen LogP contribution in [0.4, 0.5) is 10.1 Å². The molecule has 0 aliphatic carbocycles. The summed E-state index contributed by atoms with van der Waals surface area (Å²) < 4.78 is 15.1. The van der Waals surface area contributed by atoms with Crippen LogP contribution in [0.25, 0.3) is 55.2 Å².